The van der Waals surface area contributed by atoms with Crippen LogP contribution in [-0.4, -0.2) is 46.4 Å². The molecule has 2 aliphatic heterocycles. The van der Waals surface area contributed by atoms with Crippen molar-refractivity contribution in [2.24, 2.45) is 35.5 Å². The molecule has 4 N–H and O–H groups in total. The molecule has 0 aromatic carbocycles. The van der Waals surface area contributed by atoms with Crippen molar-refractivity contribution in [1.82, 2.24) is 20.3 Å². The Morgan fingerprint density at radius 2 is 1.32 bits per heavy atom. The van der Waals surface area contributed by atoms with Crippen LogP contribution >= 0.6 is 0 Å². The third-order valence-electron chi connectivity index (χ3n) is 14.5. The maximum Gasteiger partial charge on any atom is 0.321 e. The van der Waals surface area contributed by atoms with Gasteiger partial charge < -0.3 is 29.7 Å². The SMILES string of the molecule is COC(=O)[C@H]1C(=O)c2c3[nH]c(c2C)/C=c2\[nH]/c(c(C)c2C)=C\c2[nH]c(c(C)c2C)/C=C2\N/C(=C\31)[C@@H](CCC(=O)OC/C=C(\C)CCC[C@H](C)CCC[C@H](C)CCCC(C)C)[C@@H]2C. The number of ketones is 1. The fraction of sp³-hybridized carbons (Fsp3) is 0.566. The predicted octanol–water partition coefficient (Wildman–Crippen LogP) is 10.5. The Bertz CT molecular complexity index is 2380. The molecule has 1 aliphatic carbocycles. The van der Waals surface area contributed by atoms with Crippen LogP contribution in [0.15, 0.2) is 23.0 Å². The highest BCUT2D eigenvalue weighted by atomic mass is 16.5. The van der Waals surface area contributed by atoms with Crippen LogP contribution < -0.4 is 16.0 Å². The van der Waals surface area contributed by atoms with Gasteiger partial charge in [0, 0.05) is 68.6 Å². The third-order valence-corrected chi connectivity index (χ3v) is 14.5. The summed E-state index contributed by atoms with van der Waals surface area (Å²) < 4.78 is 11.1. The molecule has 3 aromatic heterocycles. The molecular formula is C53H74N4O5. The molecule has 5 heterocycles. The number of esters is 2. The van der Waals surface area contributed by atoms with Crippen molar-refractivity contribution in [3.63, 3.8) is 0 Å². The van der Waals surface area contributed by atoms with Crippen LogP contribution in [0.2, 0.25) is 0 Å². The molecule has 0 saturated carbocycles. The van der Waals surface area contributed by atoms with Crippen molar-refractivity contribution < 1.29 is 23.9 Å². The van der Waals surface area contributed by atoms with Crippen molar-refractivity contribution in [3.8, 4) is 0 Å². The van der Waals surface area contributed by atoms with Crippen molar-refractivity contribution >= 4 is 41.5 Å². The number of aromatic nitrogens is 3. The average molecular weight is 847 g/mol. The average Bonchev–Trinajstić information content (AvgIpc) is 3.95. The molecule has 0 spiro atoms. The number of allylic oxidation sites excluding steroid dienone is 3. The van der Waals surface area contributed by atoms with Gasteiger partial charge in [-0.2, -0.15) is 0 Å². The van der Waals surface area contributed by atoms with E-state index < -0.39 is 11.9 Å². The van der Waals surface area contributed by atoms with Crippen LogP contribution in [0.25, 0.3) is 23.8 Å². The second-order valence-electron chi connectivity index (χ2n) is 19.5. The maximum absolute atomic E-state index is 14.3. The molecule has 3 aromatic rings. The number of Topliss-reactive ketones (excluding diaryl/α,β-unsaturated/α-hetero) is 1. The molecule has 8 bridgehead atoms. The lowest BCUT2D eigenvalue weighted by atomic mass is 9.85. The molecule has 6 rings (SSSR count). The van der Waals surface area contributed by atoms with E-state index in [4.69, 9.17) is 9.47 Å². The normalized spacial score (nSPS) is 22.4. The van der Waals surface area contributed by atoms with Gasteiger partial charge >= 0.3 is 11.9 Å². The monoisotopic (exact) mass is 847 g/mol. The largest absolute Gasteiger partial charge is 0.468 e. The Kier molecular flexibility index (Phi) is 15.2. The van der Waals surface area contributed by atoms with Gasteiger partial charge in [-0.25, -0.2) is 0 Å². The number of rotatable bonds is 18. The molecule has 3 aliphatic rings. The minimum Gasteiger partial charge on any atom is -0.468 e. The molecule has 1 fully saturated rings. The fourth-order valence-corrected chi connectivity index (χ4v) is 9.90. The lowest BCUT2D eigenvalue weighted by molar-refractivity contribution is -0.143. The van der Waals surface area contributed by atoms with Crippen molar-refractivity contribution in [2.45, 2.75) is 147 Å². The van der Waals surface area contributed by atoms with Gasteiger partial charge in [-0.3, -0.25) is 14.4 Å². The van der Waals surface area contributed by atoms with Crippen molar-refractivity contribution in [2.75, 3.05) is 13.7 Å². The van der Waals surface area contributed by atoms with Crippen LogP contribution in [0.1, 0.15) is 173 Å². The first-order chi connectivity index (χ1) is 29.5. The van der Waals surface area contributed by atoms with Crippen LogP contribution in [0.4, 0.5) is 0 Å². The maximum atomic E-state index is 14.3. The van der Waals surface area contributed by atoms with E-state index in [0.29, 0.717) is 23.3 Å². The first-order valence-corrected chi connectivity index (χ1v) is 23.5. The number of H-pyrrole nitrogens is 3. The summed E-state index contributed by atoms with van der Waals surface area (Å²) in [4.78, 5) is 52.1. The summed E-state index contributed by atoms with van der Waals surface area (Å²) >= 11 is 0. The highest BCUT2D eigenvalue weighted by molar-refractivity contribution is 6.24. The lowest BCUT2D eigenvalue weighted by Gasteiger charge is -2.19. The van der Waals surface area contributed by atoms with Gasteiger partial charge in [0.25, 0.3) is 0 Å². The Balaban J connectivity index is 1.19. The summed E-state index contributed by atoms with van der Waals surface area (Å²) in [5, 5.41) is 5.67. The van der Waals surface area contributed by atoms with Gasteiger partial charge in [0.15, 0.2) is 5.78 Å². The lowest BCUT2D eigenvalue weighted by Crippen LogP contribution is -2.25. The number of methoxy groups -OCH3 is 1. The second kappa shape index (κ2) is 20.2. The zero-order valence-electron chi connectivity index (χ0n) is 39.8. The minimum atomic E-state index is -1.13. The number of fused-ring (bicyclic) bond motifs is 7. The van der Waals surface area contributed by atoms with Crippen LogP contribution in [-0.2, 0) is 19.1 Å². The van der Waals surface area contributed by atoms with E-state index in [1.54, 1.807) is 0 Å². The highest BCUT2D eigenvalue weighted by Crippen LogP contribution is 2.48. The number of aromatic amines is 3. The van der Waals surface area contributed by atoms with E-state index >= 15 is 0 Å². The Labute approximate surface area is 370 Å². The third kappa shape index (κ3) is 10.2. The first kappa shape index (κ1) is 46.7. The molecule has 9 nitrogen and oxygen atoms in total. The van der Waals surface area contributed by atoms with E-state index in [-0.39, 0.29) is 36.6 Å². The van der Waals surface area contributed by atoms with Crippen molar-refractivity contribution in [1.29, 1.82) is 0 Å². The summed E-state index contributed by atoms with van der Waals surface area (Å²) in [7, 11) is 1.33. The zero-order valence-corrected chi connectivity index (χ0v) is 39.8. The molecule has 0 unspecified atom stereocenters. The van der Waals surface area contributed by atoms with Gasteiger partial charge in [0.05, 0.1) is 12.8 Å². The summed E-state index contributed by atoms with van der Waals surface area (Å²) in [5.41, 5.74) is 12.8. The van der Waals surface area contributed by atoms with E-state index in [2.05, 4.69) is 108 Å². The molecule has 1 saturated heterocycles. The molecule has 0 amide bonds. The Morgan fingerprint density at radius 1 is 0.742 bits per heavy atom. The van der Waals surface area contributed by atoms with Gasteiger partial charge in [0.2, 0.25) is 0 Å². The zero-order chi connectivity index (χ0) is 45.0. The number of hydrogen-bond donors (Lipinski definition) is 4. The molecule has 0 radical (unpaired) electrons. The molecular weight excluding hydrogens is 773 g/mol. The smallest absolute Gasteiger partial charge is 0.321 e. The highest BCUT2D eigenvalue weighted by Gasteiger charge is 2.48. The standard InChI is InChI=1S/C53H74N4O5/c1-29(2)16-13-17-30(3)18-14-19-31(4)20-15-21-32(5)24-25-62-46(58)23-22-39-37(10)44-27-42-35(8)33(6)40(54-42)26-41-34(7)36(9)43(55-41)28-45-38(11)47-51(57-45)48(50(39)56-44)49(52(47)59)53(60)61-12/h24,26-31,37,39,49,54-57H,13-23,25H2,1-12H3/b32-24+,41-26-,43-28-,44-27-,50-48-/t30-,31-,37+,39+,49-/m1/s1. The van der Waals surface area contributed by atoms with Gasteiger partial charge in [-0.05, 0) is 131 Å². The molecule has 336 valence electrons. The quantitative estimate of drug-likeness (QED) is 0.0573. The molecule has 62 heavy (non-hydrogen) atoms. The summed E-state index contributed by atoms with van der Waals surface area (Å²) in [5.74, 6) is -0.183. The topological polar surface area (TPSA) is 129 Å². The number of carbonyl (C=O) groups is 3. The van der Waals surface area contributed by atoms with Crippen LogP contribution in [0.5, 0.6) is 0 Å². The predicted molar refractivity (Wildman–Crippen MR) is 252 cm³/mol. The van der Waals surface area contributed by atoms with Gasteiger partial charge in [0.1, 0.15) is 12.5 Å². The number of carbonyl (C=O) groups excluding carboxylic acids is 3. The van der Waals surface area contributed by atoms with E-state index in [1.165, 1.54) is 57.6 Å². The first-order valence-electron chi connectivity index (χ1n) is 23.5. The van der Waals surface area contributed by atoms with E-state index in [9.17, 15) is 14.4 Å². The molecule has 5 atom stereocenters. The van der Waals surface area contributed by atoms with Gasteiger partial charge in [-0.15, -0.1) is 0 Å². The number of nitrogens with one attached hydrogen (secondary N) is 4. The Morgan fingerprint density at radius 3 is 1.94 bits per heavy atom. The van der Waals surface area contributed by atoms with Crippen molar-refractivity contribution in [3.05, 3.63) is 89.9 Å². The second-order valence-corrected chi connectivity index (χ2v) is 19.5. The number of hydrogen-bond acceptors (Lipinski definition) is 6. The minimum absolute atomic E-state index is 0.0611. The Hall–Kier alpha value is -4.79. The van der Waals surface area contributed by atoms with Crippen LogP contribution in [0.3, 0.4) is 0 Å². The summed E-state index contributed by atoms with van der Waals surface area (Å²) in [6, 6.07) is 0. The summed E-state index contributed by atoms with van der Waals surface area (Å²) in [6.45, 7) is 24.4. The van der Waals surface area contributed by atoms with E-state index in [0.717, 1.165) is 97.6 Å². The van der Waals surface area contributed by atoms with Gasteiger partial charge in [-0.1, -0.05) is 85.1 Å². The van der Waals surface area contributed by atoms with E-state index in [1.807, 2.05) is 13.0 Å². The fourth-order valence-electron chi connectivity index (χ4n) is 9.90. The van der Waals surface area contributed by atoms with Crippen LogP contribution in [0, 0.1) is 70.1 Å². The molecule has 9 heteroatoms. The summed E-state index contributed by atoms with van der Waals surface area (Å²) in [6.07, 6.45) is 20.4. The number of ether oxygens (including phenoxy) is 2.